The first-order valence-corrected chi connectivity index (χ1v) is 8.86. The highest BCUT2D eigenvalue weighted by Crippen LogP contribution is 2.51. The second-order valence-electron chi connectivity index (χ2n) is 7.98. The molecule has 0 aromatic heterocycles. The van der Waals surface area contributed by atoms with Gasteiger partial charge >= 0.3 is 0 Å². The number of fused-ring (bicyclic) bond motifs is 1. The molecule has 0 spiro atoms. The first-order chi connectivity index (χ1) is 11.2. The lowest BCUT2D eigenvalue weighted by Gasteiger charge is -2.42. The van der Waals surface area contributed by atoms with Crippen molar-refractivity contribution in [3.05, 3.63) is 29.8 Å². The number of carbonyl (C=O) groups excluding carboxylic acids is 2. The predicted octanol–water partition coefficient (Wildman–Crippen LogP) is 3.27. The van der Waals surface area contributed by atoms with Gasteiger partial charge in [0, 0.05) is 19.0 Å². The maximum Gasteiger partial charge on any atom is 0.264 e. The van der Waals surface area contributed by atoms with Crippen molar-refractivity contribution < 1.29 is 14.7 Å². The molecule has 1 saturated carbocycles. The minimum atomic E-state index is -1.72. The monoisotopic (exact) mass is 329 g/mol. The maximum atomic E-state index is 12.9. The highest BCUT2D eigenvalue weighted by molar-refractivity contribution is 6.09. The molecule has 4 nitrogen and oxygen atoms in total. The van der Waals surface area contributed by atoms with Gasteiger partial charge in [-0.2, -0.15) is 0 Å². The number of Topliss-reactive ketones (excluding diaryl/α,β-unsaturated/α-hetero) is 1. The molecular weight excluding hydrogens is 302 g/mol. The van der Waals surface area contributed by atoms with E-state index in [1.807, 2.05) is 18.2 Å². The number of aliphatic hydroxyl groups is 1. The summed E-state index contributed by atoms with van der Waals surface area (Å²) in [5.74, 6) is -0.683. The van der Waals surface area contributed by atoms with E-state index in [2.05, 4.69) is 20.8 Å². The highest BCUT2D eigenvalue weighted by atomic mass is 16.3. The third kappa shape index (κ3) is 2.31. The molecule has 3 rings (SSSR count). The number of hydrogen-bond donors (Lipinski definition) is 1. The first kappa shape index (κ1) is 17.2. The number of benzene rings is 1. The van der Waals surface area contributed by atoms with Crippen molar-refractivity contribution >= 4 is 17.4 Å². The molecule has 130 valence electrons. The van der Waals surface area contributed by atoms with Gasteiger partial charge in [0.15, 0.2) is 5.60 Å². The zero-order valence-electron chi connectivity index (χ0n) is 15.0. The normalized spacial score (nSPS) is 30.6. The molecule has 1 aromatic carbocycles. The predicted molar refractivity (Wildman–Crippen MR) is 93.7 cm³/mol. The van der Waals surface area contributed by atoms with Gasteiger partial charge in [0.25, 0.3) is 5.91 Å². The van der Waals surface area contributed by atoms with Crippen LogP contribution in [0.25, 0.3) is 0 Å². The summed E-state index contributed by atoms with van der Waals surface area (Å²) in [4.78, 5) is 27.0. The van der Waals surface area contributed by atoms with E-state index in [1.165, 1.54) is 4.90 Å². The fraction of sp³-hybridized carbons (Fsp3) is 0.600. The average Bonchev–Trinajstić information content (AvgIpc) is 2.78. The van der Waals surface area contributed by atoms with Gasteiger partial charge in [0.2, 0.25) is 0 Å². The molecule has 0 saturated heterocycles. The summed E-state index contributed by atoms with van der Waals surface area (Å²) in [5.41, 5.74) is -0.340. The Morgan fingerprint density at radius 2 is 1.96 bits per heavy atom. The van der Waals surface area contributed by atoms with Crippen molar-refractivity contribution in [1.29, 1.82) is 0 Å². The quantitative estimate of drug-likeness (QED) is 0.926. The van der Waals surface area contributed by atoms with Crippen molar-refractivity contribution in [1.82, 2.24) is 0 Å². The van der Waals surface area contributed by atoms with Crippen LogP contribution in [0.3, 0.4) is 0 Å². The van der Waals surface area contributed by atoms with E-state index in [0.29, 0.717) is 30.0 Å². The Morgan fingerprint density at radius 3 is 2.62 bits per heavy atom. The van der Waals surface area contributed by atoms with Gasteiger partial charge in [-0.05, 0) is 30.2 Å². The number of para-hydroxylation sites is 1. The minimum absolute atomic E-state index is 0.0131. The van der Waals surface area contributed by atoms with Crippen LogP contribution in [-0.2, 0) is 15.2 Å². The van der Waals surface area contributed by atoms with Crippen LogP contribution in [0.1, 0.15) is 52.0 Å². The molecule has 1 heterocycles. The lowest BCUT2D eigenvalue weighted by atomic mass is 9.62. The van der Waals surface area contributed by atoms with Crippen LogP contribution < -0.4 is 4.90 Å². The Morgan fingerprint density at radius 1 is 1.29 bits per heavy atom. The number of nitrogens with zero attached hydrogens (tertiary/aromatic N) is 1. The highest BCUT2D eigenvalue weighted by Gasteiger charge is 2.57. The van der Waals surface area contributed by atoms with E-state index in [0.717, 1.165) is 12.8 Å². The van der Waals surface area contributed by atoms with Crippen LogP contribution in [0.4, 0.5) is 5.69 Å². The molecule has 3 atom stereocenters. The number of carbonyl (C=O) groups is 2. The Bertz CT molecular complexity index is 681. The standard InChI is InChI=1S/C20H27NO3/c1-5-19(2,3)13-10-11-17(22)15(12-13)20(24)14-8-6-7-9-16(14)21(4)18(20)23/h6-9,13,15,24H,5,10-12H2,1-4H3/t13-,15-,20+/m0/s1. The third-order valence-corrected chi connectivity index (χ3v) is 6.48. The van der Waals surface area contributed by atoms with Gasteiger partial charge in [0.1, 0.15) is 5.78 Å². The van der Waals surface area contributed by atoms with Crippen LogP contribution in [0.2, 0.25) is 0 Å². The second-order valence-corrected chi connectivity index (χ2v) is 7.98. The van der Waals surface area contributed by atoms with Crippen LogP contribution in [0, 0.1) is 17.3 Å². The molecule has 1 fully saturated rings. The fourth-order valence-corrected chi connectivity index (χ4v) is 4.33. The van der Waals surface area contributed by atoms with Crippen molar-refractivity contribution in [3.63, 3.8) is 0 Å². The van der Waals surface area contributed by atoms with Gasteiger partial charge < -0.3 is 10.0 Å². The summed E-state index contributed by atoms with van der Waals surface area (Å²) >= 11 is 0. The molecule has 24 heavy (non-hydrogen) atoms. The zero-order valence-corrected chi connectivity index (χ0v) is 15.0. The number of amides is 1. The fourth-order valence-electron chi connectivity index (χ4n) is 4.33. The molecule has 1 aliphatic heterocycles. The van der Waals surface area contributed by atoms with Gasteiger partial charge in [-0.1, -0.05) is 45.4 Å². The molecule has 2 aliphatic rings. The number of rotatable bonds is 3. The van der Waals surface area contributed by atoms with Gasteiger partial charge in [-0.3, -0.25) is 9.59 Å². The number of likely N-dealkylation sites (N-methyl/N-ethyl adjacent to an activating group) is 1. The maximum absolute atomic E-state index is 12.9. The Balaban J connectivity index is 2.03. The number of hydrogen-bond acceptors (Lipinski definition) is 3. The van der Waals surface area contributed by atoms with Crippen LogP contribution in [0.5, 0.6) is 0 Å². The summed E-state index contributed by atoms with van der Waals surface area (Å²) in [6.45, 7) is 6.58. The summed E-state index contributed by atoms with van der Waals surface area (Å²) < 4.78 is 0. The molecule has 1 aliphatic carbocycles. The largest absolute Gasteiger partial charge is 0.375 e. The zero-order chi connectivity index (χ0) is 17.7. The third-order valence-electron chi connectivity index (χ3n) is 6.48. The Labute approximate surface area is 143 Å². The number of anilines is 1. The van der Waals surface area contributed by atoms with Crippen molar-refractivity contribution in [3.8, 4) is 0 Å². The van der Waals surface area contributed by atoms with Gasteiger partial charge in [0.05, 0.1) is 11.6 Å². The van der Waals surface area contributed by atoms with Crippen LogP contribution in [0.15, 0.2) is 24.3 Å². The molecule has 0 unspecified atom stereocenters. The molecule has 0 radical (unpaired) electrons. The van der Waals surface area contributed by atoms with Gasteiger partial charge in [-0.25, -0.2) is 0 Å². The van der Waals surface area contributed by atoms with Crippen molar-refractivity contribution in [2.75, 3.05) is 11.9 Å². The smallest absolute Gasteiger partial charge is 0.264 e. The van der Waals surface area contributed by atoms with E-state index < -0.39 is 11.5 Å². The molecule has 0 bridgehead atoms. The van der Waals surface area contributed by atoms with E-state index in [1.54, 1.807) is 13.1 Å². The summed E-state index contributed by atoms with van der Waals surface area (Å²) in [7, 11) is 1.67. The number of ketones is 1. The lowest BCUT2D eigenvalue weighted by molar-refractivity contribution is -0.154. The molecule has 1 amide bonds. The molecule has 1 N–H and O–H groups in total. The Kier molecular flexibility index (Phi) is 4.07. The summed E-state index contributed by atoms with van der Waals surface area (Å²) in [6, 6.07) is 7.27. The van der Waals surface area contributed by atoms with Gasteiger partial charge in [-0.15, -0.1) is 0 Å². The van der Waals surface area contributed by atoms with Crippen LogP contribution in [-0.4, -0.2) is 23.8 Å². The van der Waals surface area contributed by atoms with E-state index in [-0.39, 0.29) is 17.1 Å². The molecule has 4 heteroatoms. The molecular formula is C20H27NO3. The van der Waals surface area contributed by atoms with E-state index in [9.17, 15) is 14.7 Å². The second kappa shape index (κ2) is 5.69. The van der Waals surface area contributed by atoms with Crippen molar-refractivity contribution in [2.45, 2.75) is 52.1 Å². The first-order valence-electron chi connectivity index (χ1n) is 8.86. The van der Waals surface area contributed by atoms with E-state index in [4.69, 9.17) is 0 Å². The van der Waals surface area contributed by atoms with Crippen molar-refractivity contribution in [2.24, 2.45) is 17.3 Å². The average molecular weight is 329 g/mol. The minimum Gasteiger partial charge on any atom is -0.375 e. The topological polar surface area (TPSA) is 57.6 Å². The summed E-state index contributed by atoms with van der Waals surface area (Å²) in [5, 5.41) is 11.4. The van der Waals surface area contributed by atoms with E-state index >= 15 is 0 Å². The summed E-state index contributed by atoms with van der Waals surface area (Å²) in [6.07, 6.45) is 2.88. The lowest BCUT2D eigenvalue weighted by Crippen LogP contribution is -2.50. The Hall–Kier alpha value is -1.68. The molecule has 1 aromatic rings. The van der Waals surface area contributed by atoms with Crippen LogP contribution >= 0.6 is 0 Å². The SMILES string of the molecule is CCC(C)(C)[C@H]1CCC(=O)[C@@H]([C@@]2(O)C(=O)N(C)c3ccccc32)C1.